The number of nitrogens with two attached hydrogens (primary N) is 1. The Hall–Kier alpha value is -4.91. The Balaban J connectivity index is 1.25. The number of anilines is 6. The topological polar surface area (TPSA) is 86.9 Å². The highest BCUT2D eigenvalue weighted by atomic mass is 16.1. The largest absolute Gasteiger partial charge is 0.397 e. The smallest absolute Gasteiger partial charge is 0.255 e. The Morgan fingerprint density at radius 2 is 1.45 bits per heavy atom. The van der Waals surface area contributed by atoms with Crippen LogP contribution >= 0.6 is 0 Å². The van der Waals surface area contributed by atoms with Gasteiger partial charge in [-0.3, -0.25) is 4.79 Å². The highest BCUT2D eigenvalue weighted by molar-refractivity contribution is 6.06. The number of nitrogens with zero attached hydrogens (tertiary/aromatic N) is 2. The third kappa shape index (κ3) is 5.42. The standard InChI is InChI=1S/C31H30N6O/c1-3-36-18-15-24(16-19-36)33-25-13-14-29(27(32)21-25)35-31(38)22-9-11-23(12-10-22)34-28-17-20-37(4-2)30-8-6-5-7-26(28)30/h5-21H,3-4,32H2,1-2H3,(H,35,38)/p+2. The van der Waals surface area contributed by atoms with Crippen molar-refractivity contribution in [3.63, 3.8) is 0 Å². The van der Waals surface area contributed by atoms with Gasteiger partial charge in [-0.2, -0.15) is 4.57 Å². The maximum absolute atomic E-state index is 12.9. The van der Waals surface area contributed by atoms with Gasteiger partial charge in [-0.25, -0.2) is 4.57 Å². The lowest BCUT2D eigenvalue weighted by atomic mass is 10.1. The van der Waals surface area contributed by atoms with Crippen molar-refractivity contribution in [3.05, 3.63) is 109 Å². The number of fused-ring (bicyclic) bond motifs is 1. The summed E-state index contributed by atoms with van der Waals surface area (Å²) in [4.78, 5) is 12.9. The average Bonchev–Trinajstić information content (AvgIpc) is 2.95. The van der Waals surface area contributed by atoms with E-state index in [-0.39, 0.29) is 5.91 Å². The monoisotopic (exact) mass is 504 g/mol. The molecule has 190 valence electrons. The molecule has 5 aromatic rings. The molecular formula is C31H32N6O+2. The van der Waals surface area contributed by atoms with Crippen molar-refractivity contribution in [2.24, 2.45) is 0 Å². The molecule has 0 spiro atoms. The molecule has 5 N–H and O–H groups in total. The zero-order chi connectivity index (χ0) is 26.5. The fraction of sp³-hybridized carbons (Fsp3) is 0.129. The molecule has 0 aliphatic carbocycles. The number of aryl methyl sites for hydroxylation is 2. The first-order valence-corrected chi connectivity index (χ1v) is 12.8. The molecule has 0 unspecified atom stereocenters. The predicted molar refractivity (Wildman–Crippen MR) is 154 cm³/mol. The van der Waals surface area contributed by atoms with Crippen molar-refractivity contribution >= 4 is 50.9 Å². The first-order valence-electron chi connectivity index (χ1n) is 12.8. The maximum atomic E-state index is 12.9. The average molecular weight is 505 g/mol. The van der Waals surface area contributed by atoms with Gasteiger partial charge in [0.1, 0.15) is 13.1 Å². The third-order valence-electron chi connectivity index (χ3n) is 6.54. The van der Waals surface area contributed by atoms with Gasteiger partial charge in [0.2, 0.25) is 5.52 Å². The number of carbonyl (C=O) groups excluding carboxylic acids is 1. The van der Waals surface area contributed by atoms with Crippen LogP contribution in [0.2, 0.25) is 0 Å². The molecule has 2 aromatic heterocycles. The van der Waals surface area contributed by atoms with E-state index in [1.165, 1.54) is 5.52 Å². The number of amides is 1. The molecule has 0 radical (unpaired) electrons. The van der Waals surface area contributed by atoms with E-state index >= 15 is 0 Å². The second kappa shape index (κ2) is 11.0. The van der Waals surface area contributed by atoms with Gasteiger partial charge in [0.15, 0.2) is 18.6 Å². The van der Waals surface area contributed by atoms with E-state index < -0.39 is 0 Å². The molecule has 0 saturated carbocycles. The van der Waals surface area contributed by atoms with Crippen molar-refractivity contribution in [3.8, 4) is 0 Å². The molecule has 7 heteroatoms. The quantitative estimate of drug-likeness (QED) is 0.159. The van der Waals surface area contributed by atoms with Crippen LogP contribution in [-0.4, -0.2) is 5.91 Å². The van der Waals surface area contributed by atoms with Gasteiger partial charge in [0.25, 0.3) is 5.91 Å². The normalized spacial score (nSPS) is 10.8. The number of para-hydroxylation sites is 1. The minimum atomic E-state index is -0.217. The number of hydrogen-bond acceptors (Lipinski definition) is 4. The van der Waals surface area contributed by atoms with Gasteiger partial charge < -0.3 is 21.7 Å². The maximum Gasteiger partial charge on any atom is 0.255 e. The molecule has 5 rings (SSSR count). The highest BCUT2D eigenvalue weighted by Crippen LogP contribution is 2.27. The van der Waals surface area contributed by atoms with E-state index in [9.17, 15) is 4.79 Å². The molecule has 38 heavy (non-hydrogen) atoms. The number of nitrogen functional groups attached to an aromatic ring is 1. The van der Waals surface area contributed by atoms with Crippen molar-refractivity contribution in [1.82, 2.24) is 0 Å². The number of hydrogen-bond donors (Lipinski definition) is 4. The van der Waals surface area contributed by atoms with Crippen LogP contribution in [0, 0.1) is 0 Å². The first-order chi connectivity index (χ1) is 18.5. The van der Waals surface area contributed by atoms with Crippen LogP contribution < -0.4 is 30.8 Å². The van der Waals surface area contributed by atoms with Crippen molar-refractivity contribution < 1.29 is 13.9 Å². The van der Waals surface area contributed by atoms with Gasteiger partial charge in [-0.05, 0) is 62.4 Å². The number of rotatable bonds is 8. The number of carbonyl (C=O) groups is 1. The second-order valence-corrected chi connectivity index (χ2v) is 9.03. The lowest BCUT2D eigenvalue weighted by Crippen LogP contribution is -2.32. The SMILES string of the molecule is CC[n+]1ccc(Nc2ccc(NC(=O)c3ccc(Nc4cc[n+](CC)c5ccccc45)cc3)c(N)c2)cc1. The number of benzene rings is 3. The Labute approximate surface area is 222 Å². The number of aromatic nitrogens is 2. The van der Waals surface area contributed by atoms with Crippen LogP contribution in [0.25, 0.3) is 10.9 Å². The summed E-state index contributed by atoms with van der Waals surface area (Å²) in [6, 6.07) is 27.4. The van der Waals surface area contributed by atoms with Gasteiger partial charge >= 0.3 is 0 Å². The van der Waals surface area contributed by atoms with E-state index in [0.717, 1.165) is 41.2 Å². The summed E-state index contributed by atoms with van der Waals surface area (Å²) in [7, 11) is 0. The van der Waals surface area contributed by atoms with Gasteiger partial charge in [-0.1, -0.05) is 12.1 Å². The molecule has 2 heterocycles. The third-order valence-corrected chi connectivity index (χ3v) is 6.54. The number of pyridine rings is 2. The van der Waals surface area contributed by atoms with Crippen LogP contribution in [0.15, 0.2) is 104 Å². The second-order valence-electron chi connectivity index (χ2n) is 9.03. The molecule has 0 bridgehead atoms. The summed E-state index contributed by atoms with van der Waals surface area (Å²) in [6.07, 6.45) is 6.12. The van der Waals surface area contributed by atoms with Gasteiger partial charge in [0, 0.05) is 41.2 Å². The molecule has 3 aromatic carbocycles. The zero-order valence-corrected chi connectivity index (χ0v) is 21.6. The molecular weight excluding hydrogens is 472 g/mol. The summed E-state index contributed by atoms with van der Waals surface area (Å²) in [5.41, 5.74) is 12.8. The lowest BCUT2D eigenvalue weighted by Gasteiger charge is -2.12. The van der Waals surface area contributed by atoms with Gasteiger partial charge in [0.05, 0.1) is 28.1 Å². The summed E-state index contributed by atoms with van der Waals surface area (Å²) in [5, 5.41) is 10.9. The van der Waals surface area contributed by atoms with E-state index in [1.54, 1.807) is 12.1 Å². The fourth-order valence-corrected chi connectivity index (χ4v) is 4.40. The number of nitrogens with one attached hydrogen (secondary N) is 3. The molecule has 0 atom stereocenters. The van der Waals surface area contributed by atoms with Crippen LogP contribution in [0.1, 0.15) is 24.2 Å². The minimum Gasteiger partial charge on any atom is -0.397 e. The van der Waals surface area contributed by atoms with Crippen molar-refractivity contribution in [1.29, 1.82) is 0 Å². The molecule has 1 amide bonds. The molecule has 0 aliphatic rings. The predicted octanol–water partition coefficient (Wildman–Crippen LogP) is 5.78. The van der Waals surface area contributed by atoms with E-state index in [1.807, 2.05) is 67.0 Å². The summed E-state index contributed by atoms with van der Waals surface area (Å²) in [5.74, 6) is -0.217. The van der Waals surface area contributed by atoms with E-state index in [4.69, 9.17) is 5.73 Å². The van der Waals surface area contributed by atoms with Crippen LogP contribution in [0.4, 0.5) is 34.1 Å². The van der Waals surface area contributed by atoms with E-state index in [2.05, 4.69) is 63.3 Å². The molecule has 0 fully saturated rings. The molecule has 7 nitrogen and oxygen atoms in total. The van der Waals surface area contributed by atoms with Crippen LogP contribution in [0.5, 0.6) is 0 Å². The Bertz CT molecular complexity index is 1580. The Morgan fingerprint density at radius 1 is 0.737 bits per heavy atom. The highest BCUT2D eigenvalue weighted by Gasteiger charge is 2.12. The fourth-order valence-electron chi connectivity index (χ4n) is 4.40. The van der Waals surface area contributed by atoms with Gasteiger partial charge in [-0.15, -0.1) is 0 Å². The molecule has 0 saturated heterocycles. The summed E-state index contributed by atoms with van der Waals surface area (Å²) in [6.45, 7) is 6.05. The van der Waals surface area contributed by atoms with Crippen molar-refractivity contribution in [2.45, 2.75) is 26.9 Å². The minimum absolute atomic E-state index is 0.217. The summed E-state index contributed by atoms with van der Waals surface area (Å²) >= 11 is 0. The van der Waals surface area contributed by atoms with Crippen LogP contribution in [0.3, 0.4) is 0 Å². The summed E-state index contributed by atoms with van der Waals surface area (Å²) < 4.78 is 4.30. The Morgan fingerprint density at radius 3 is 2.16 bits per heavy atom. The van der Waals surface area contributed by atoms with Crippen molar-refractivity contribution in [2.75, 3.05) is 21.7 Å². The van der Waals surface area contributed by atoms with E-state index in [0.29, 0.717) is 16.9 Å². The molecule has 0 aliphatic heterocycles. The first kappa shape index (κ1) is 24.8. The van der Waals surface area contributed by atoms with Crippen LogP contribution in [-0.2, 0) is 13.1 Å². The lowest BCUT2D eigenvalue weighted by molar-refractivity contribution is -0.693. The zero-order valence-electron chi connectivity index (χ0n) is 21.6. The Kier molecular flexibility index (Phi) is 7.17.